The van der Waals surface area contributed by atoms with Gasteiger partial charge in [0.1, 0.15) is 11.4 Å². The highest BCUT2D eigenvalue weighted by atomic mass is 16.5. The van der Waals surface area contributed by atoms with Gasteiger partial charge in [-0.1, -0.05) is 6.07 Å². The molecule has 1 saturated heterocycles. The monoisotopic (exact) mass is 435 g/mol. The predicted octanol–water partition coefficient (Wildman–Crippen LogP) is 3.28. The fourth-order valence-electron chi connectivity index (χ4n) is 4.77. The van der Waals surface area contributed by atoms with E-state index in [-0.39, 0.29) is 5.63 Å². The highest BCUT2D eigenvalue weighted by Gasteiger charge is 2.22. The second kappa shape index (κ2) is 9.20. The van der Waals surface area contributed by atoms with E-state index < -0.39 is 0 Å². The van der Waals surface area contributed by atoms with Gasteiger partial charge in [0.15, 0.2) is 11.5 Å². The molecule has 1 fully saturated rings. The minimum absolute atomic E-state index is 0.219. The molecule has 0 spiro atoms. The minimum Gasteiger partial charge on any atom is -0.493 e. The number of aryl methyl sites for hydroxylation is 1. The topological polar surface area (TPSA) is 68.0 Å². The molecule has 32 heavy (non-hydrogen) atoms. The molecule has 0 amide bonds. The van der Waals surface area contributed by atoms with Crippen LogP contribution in [0.25, 0.3) is 11.0 Å². The molecule has 2 aromatic heterocycles. The van der Waals surface area contributed by atoms with Gasteiger partial charge in [0, 0.05) is 55.9 Å². The van der Waals surface area contributed by atoms with E-state index in [0.29, 0.717) is 23.7 Å². The summed E-state index contributed by atoms with van der Waals surface area (Å²) < 4.78 is 17.2. The van der Waals surface area contributed by atoms with Crippen LogP contribution in [0.5, 0.6) is 11.5 Å². The number of rotatable bonds is 7. The molecule has 7 nitrogen and oxygen atoms in total. The van der Waals surface area contributed by atoms with Gasteiger partial charge in [0.05, 0.1) is 13.7 Å². The molecule has 3 heterocycles. The molecule has 1 aromatic carbocycles. The summed E-state index contributed by atoms with van der Waals surface area (Å²) >= 11 is 0. The van der Waals surface area contributed by atoms with Crippen LogP contribution >= 0.6 is 0 Å². The summed E-state index contributed by atoms with van der Waals surface area (Å²) in [5, 5.41) is 0.971. The smallest absolute Gasteiger partial charge is 0.339 e. The predicted molar refractivity (Wildman–Crippen MR) is 124 cm³/mol. The molecule has 0 unspecified atom stereocenters. The maximum atomic E-state index is 12.2. The molecule has 0 bridgehead atoms. The first-order valence-corrected chi connectivity index (χ1v) is 11.4. The number of fused-ring (bicyclic) bond motifs is 3. The van der Waals surface area contributed by atoms with Crippen LogP contribution in [-0.2, 0) is 12.8 Å². The second-order valence-electron chi connectivity index (χ2n) is 8.42. The largest absolute Gasteiger partial charge is 0.493 e. The normalized spacial score (nSPS) is 16.3. The summed E-state index contributed by atoms with van der Waals surface area (Å²) in [6, 6.07) is 9.82. The van der Waals surface area contributed by atoms with E-state index in [1.54, 1.807) is 13.2 Å². The third-order valence-corrected chi connectivity index (χ3v) is 6.48. The number of aromatic nitrogens is 1. The van der Waals surface area contributed by atoms with Crippen molar-refractivity contribution >= 4 is 16.8 Å². The van der Waals surface area contributed by atoms with E-state index in [1.165, 1.54) is 0 Å². The molecule has 0 atom stereocenters. The number of hydrogen-bond acceptors (Lipinski definition) is 7. The van der Waals surface area contributed by atoms with Crippen molar-refractivity contribution in [2.45, 2.75) is 25.7 Å². The number of benzene rings is 1. The highest BCUT2D eigenvalue weighted by Crippen LogP contribution is 2.36. The van der Waals surface area contributed by atoms with Crippen molar-refractivity contribution in [2.75, 3.05) is 51.3 Å². The van der Waals surface area contributed by atoms with Gasteiger partial charge < -0.3 is 18.8 Å². The van der Waals surface area contributed by atoms with E-state index in [0.717, 1.165) is 80.7 Å². The number of hydrogen-bond donors (Lipinski definition) is 0. The van der Waals surface area contributed by atoms with Crippen LogP contribution in [0, 0.1) is 0 Å². The van der Waals surface area contributed by atoms with Gasteiger partial charge in [0.25, 0.3) is 0 Å². The molecule has 7 heteroatoms. The number of pyridine rings is 1. The Kier molecular flexibility index (Phi) is 5.99. The van der Waals surface area contributed by atoms with Crippen molar-refractivity contribution in [3.8, 4) is 11.5 Å². The lowest BCUT2D eigenvalue weighted by atomic mass is 10.1. The summed E-state index contributed by atoms with van der Waals surface area (Å²) in [4.78, 5) is 21.5. The van der Waals surface area contributed by atoms with E-state index in [2.05, 4.69) is 20.9 Å². The minimum atomic E-state index is -0.219. The zero-order valence-electron chi connectivity index (χ0n) is 18.5. The first-order chi connectivity index (χ1) is 15.7. The van der Waals surface area contributed by atoms with E-state index in [9.17, 15) is 4.79 Å². The maximum absolute atomic E-state index is 12.2. The van der Waals surface area contributed by atoms with Crippen LogP contribution in [-0.4, -0.2) is 56.3 Å². The molecule has 1 aliphatic heterocycles. The highest BCUT2D eigenvalue weighted by molar-refractivity contribution is 5.85. The van der Waals surface area contributed by atoms with Gasteiger partial charge in [-0.15, -0.1) is 0 Å². The Balaban J connectivity index is 1.18. The van der Waals surface area contributed by atoms with Crippen LogP contribution in [0.2, 0.25) is 0 Å². The first-order valence-electron chi connectivity index (χ1n) is 11.4. The summed E-state index contributed by atoms with van der Waals surface area (Å²) in [6.07, 6.45) is 5.49. The first kappa shape index (κ1) is 20.8. The lowest BCUT2D eigenvalue weighted by Gasteiger charge is -2.35. The zero-order valence-corrected chi connectivity index (χ0v) is 18.5. The van der Waals surface area contributed by atoms with E-state index >= 15 is 0 Å². The number of anilines is 1. The van der Waals surface area contributed by atoms with Crippen LogP contribution in [0.15, 0.2) is 45.7 Å². The molecule has 0 N–H and O–H groups in total. The van der Waals surface area contributed by atoms with Gasteiger partial charge in [-0.2, -0.15) is 0 Å². The van der Waals surface area contributed by atoms with Crippen LogP contribution in [0.3, 0.4) is 0 Å². The second-order valence-corrected chi connectivity index (χ2v) is 8.42. The Morgan fingerprint density at radius 3 is 2.69 bits per heavy atom. The van der Waals surface area contributed by atoms with Crippen LogP contribution in [0.1, 0.15) is 24.0 Å². The van der Waals surface area contributed by atoms with Crippen molar-refractivity contribution in [3.63, 3.8) is 0 Å². The number of methoxy groups -OCH3 is 1. The Bertz CT molecular complexity index is 1140. The molecule has 2 aliphatic rings. The van der Waals surface area contributed by atoms with Crippen molar-refractivity contribution < 1.29 is 13.9 Å². The summed E-state index contributed by atoms with van der Waals surface area (Å²) in [7, 11) is 1.61. The molecule has 3 aromatic rings. The Labute approximate surface area is 187 Å². The summed E-state index contributed by atoms with van der Waals surface area (Å²) in [6.45, 7) is 5.65. The molecule has 168 valence electrons. The third kappa shape index (κ3) is 4.17. The summed E-state index contributed by atoms with van der Waals surface area (Å²) in [5.41, 5.74) is 2.28. The molecule has 0 radical (unpaired) electrons. The fourth-order valence-corrected chi connectivity index (χ4v) is 4.77. The average Bonchev–Trinajstić information content (AvgIpc) is 3.34. The van der Waals surface area contributed by atoms with Crippen molar-refractivity contribution in [2.24, 2.45) is 0 Å². The van der Waals surface area contributed by atoms with Gasteiger partial charge in [0.2, 0.25) is 0 Å². The Hall–Kier alpha value is -3.06. The lowest BCUT2D eigenvalue weighted by Crippen LogP contribution is -2.47. The van der Waals surface area contributed by atoms with Gasteiger partial charge in [-0.3, -0.25) is 4.90 Å². The van der Waals surface area contributed by atoms with E-state index in [1.807, 2.05) is 24.4 Å². The maximum Gasteiger partial charge on any atom is 0.339 e. The fraction of sp³-hybridized carbons (Fsp3) is 0.440. The Morgan fingerprint density at radius 2 is 1.91 bits per heavy atom. The van der Waals surface area contributed by atoms with Gasteiger partial charge in [-0.25, -0.2) is 9.78 Å². The van der Waals surface area contributed by atoms with Crippen molar-refractivity contribution in [1.82, 2.24) is 9.88 Å². The lowest BCUT2D eigenvalue weighted by molar-refractivity contribution is 0.221. The molecule has 0 saturated carbocycles. The molecule has 1 aliphatic carbocycles. The van der Waals surface area contributed by atoms with Crippen LogP contribution in [0.4, 0.5) is 5.82 Å². The standard InChI is InChI=1S/C25H29N3O4/c1-30-22-17-21-20(18-6-4-7-19(18)25(29)32-21)16-23(22)31-15-5-10-27-11-13-28(14-12-27)24-8-2-3-9-26-24/h2-3,8-9,16-17H,4-7,10-15H2,1H3. The van der Waals surface area contributed by atoms with Crippen molar-refractivity contribution in [3.05, 3.63) is 58.1 Å². The zero-order chi connectivity index (χ0) is 21.9. The molecular weight excluding hydrogens is 406 g/mol. The third-order valence-electron chi connectivity index (χ3n) is 6.48. The molecular formula is C25H29N3O4. The van der Waals surface area contributed by atoms with Gasteiger partial charge >= 0.3 is 5.63 Å². The summed E-state index contributed by atoms with van der Waals surface area (Å²) in [5.74, 6) is 2.37. The molecule has 5 rings (SSSR count). The SMILES string of the molecule is COc1cc2oc(=O)c3c(c2cc1OCCCN1CCN(c2ccccn2)CC1)CCC3. The number of piperazine rings is 1. The average molecular weight is 436 g/mol. The van der Waals surface area contributed by atoms with Crippen LogP contribution < -0.4 is 20.0 Å². The quantitative estimate of drug-likeness (QED) is 0.417. The number of ether oxygens (including phenoxy) is 2. The number of nitrogens with zero attached hydrogens (tertiary/aromatic N) is 3. The van der Waals surface area contributed by atoms with E-state index in [4.69, 9.17) is 13.9 Å². The van der Waals surface area contributed by atoms with Gasteiger partial charge in [-0.05, 0) is 49.4 Å². The van der Waals surface area contributed by atoms with Crippen molar-refractivity contribution in [1.29, 1.82) is 0 Å². The Morgan fingerprint density at radius 1 is 1.06 bits per heavy atom.